The zero-order valence-electron chi connectivity index (χ0n) is 14.9. The van der Waals surface area contributed by atoms with Crippen LogP contribution in [0.15, 0.2) is 89.4 Å². The van der Waals surface area contributed by atoms with Crippen LogP contribution in [0.4, 0.5) is 0 Å². The summed E-state index contributed by atoms with van der Waals surface area (Å²) in [6.07, 6.45) is 8.73. The third-order valence-corrected chi connectivity index (χ3v) is 4.93. The van der Waals surface area contributed by atoms with Crippen LogP contribution < -0.4 is 10.2 Å². The second-order valence-electron chi connectivity index (χ2n) is 6.57. The minimum atomic E-state index is 0.695. The molecule has 0 aromatic heterocycles. The van der Waals surface area contributed by atoms with E-state index >= 15 is 0 Å². The Morgan fingerprint density at radius 2 is 1.56 bits per heavy atom. The number of benzene rings is 3. The lowest BCUT2D eigenvalue weighted by Crippen LogP contribution is -2.04. The molecule has 0 amide bonds. The number of rotatable bonds is 4. The van der Waals surface area contributed by atoms with E-state index < -0.39 is 0 Å². The Kier molecular flexibility index (Phi) is 5.31. The summed E-state index contributed by atoms with van der Waals surface area (Å²) in [5.74, 6) is 1.51. The van der Waals surface area contributed by atoms with Gasteiger partial charge in [0.25, 0.3) is 0 Å². The first-order valence-corrected chi connectivity index (χ1v) is 9.78. The summed E-state index contributed by atoms with van der Waals surface area (Å²) in [6, 6.07) is 22.3. The second-order valence-corrected chi connectivity index (χ2v) is 7.49. The monoisotopic (exact) mass is 412 g/mol. The average molecular weight is 413 g/mol. The Bertz CT molecular complexity index is 1020. The number of allylic oxidation sites excluding steroid dienone is 4. The minimum Gasteiger partial charge on any atom is -0.457 e. The molecule has 130 valence electrons. The smallest absolute Gasteiger partial charge is 0.129 e. The number of ether oxygens (including phenoxy) is 1. The van der Waals surface area contributed by atoms with Gasteiger partial charge in [-0.2, -0.15) is 0 Å². The van der Waals surface area contributed by atoms with Crippen molar-refractivity contribution in [3.05, 3.63) is 95.0 Å². The molecule has 0 spiro atoms. The van der Waals surface area contributed by atoms with Crippen LogP contribution in [0, 0.1) is 0 Å². The van der Waals surface area contributed by atoms with Crippen LogP contribution in [-0.4, -0.2) is 7.85 Å². The first-order valence-electron chi connectivity index (χ1n) is 8.99. The molecular weight excluding hydrogens is 395 g/mol. The number of hydrogen-bond acceptors (Lipinski definition) is 1. The van der Waals surface area contributed by atoms with Crippen LogP contribution in [0.5, 0.6) is 11.5 Å². The molecule has 1 aliphatic rings. The summed E-state index contributed by atoms with van der Waals surface area (Å²) in [5.41, 5.74) is 5.22. The third-order valence-electron chi connectivity index (χ3n) is 4.47. The standard InChI is InChI=1S/C24H18BBrO/c25-21-11-19(17-7-3-1-4-8-17)13-23(15-21)27-24-14-20(12-22(26)16-24)18-9-5-2-6-10-18/h2-3,5-16H,1,4H2. The van der Waals surface area contributed by atoms with Crippen molar-refractivity contribution < 1.29 is 4.74 Å². The van der Waals surface area contributed by atoms with Gasteiger partial charge in [-0.15, -0.1) is 0 Å². The Morgan fingerprint density at radius 1 is 0.778 bits per heavy atom. The highest BCUT2D eigenvalue weighted by Gasteiger charge is 2.08. The van der Waals surface area contributed by atoms with Crippen molar-refractivity contribution in [3.63, 3.8) is 0 Å². The van der Waals surface area contributed by atoms with Gasteiger partial charge in [0.1, 0.15) is 19.3 Å². The van der Waals surface area contributed by atoms with Crippen molar-refractivity contribution in [1.29, 1.82) is 0 Å². The summed E-state index contributed by atoms with van der Waals surface area (Å²) in [4.78, 5) is 0. The second kappa shape index (κ2) is 8.02. The molecule has 2 radical (unpaired) electrons. The van der Waals surface area contributed by atoms with Crippen LogP contribution in [0.3, 0.4) is 0 Å². The average Bonchev–Trinajstić information content (AvgIpc) is 2.68. The quantitative estimate of drug-likeness (QED) is 0.448. The van der Waals surface area contributed by atoms with Gasteiger partial charge in [0.05, 0.1) is 0 Å². The van der Waals surface area contributed by atoms with Gasteiger partial charge in [-0.1, -0.05) is 76.0 Å². The summed E-state index contributed by atoms with van der Waals surface area (Å²) in [6.45, 7) is 0. The molecule has 0 heterocycles. The predicted molar refractivity (Wildman–Crippen MR) is 118 cm³/mol. The molecule has 0 atom stereocenters. The summed E-state index contributed by atoms with van der Waals surface area (Å²) >= 11 is 3.59. The fourth-order valence-electron chi connectivity index (χ4n) is 3.23. The molecule has 0 aliphatic heterocycles. The minimum absolute atomic E-state index is 0.695. The highest BCUT2D eigenvalue weighted by molar-refractivity contribution is 9.10. The third kappa shape index (κ3) is 4.43. The largest absolute Gasteiger partial charge is 0.457 e. The van der Waals surface area contributed by atoms with E-state index in [1.165, 1.54) is 5.57 Å². The van der Waals surface area contributed by atoms with Gasteiger partial charge >= 0.3 is 0 Å². The summed E-state index contributed by atoms with van der Waals surface area (Å²) < 4.78 is 7.15. The molecule has 27 heavy (non-hydrogen) atoms. The van der Waals surface area contributed by atoms with E-state index in [-0.39, 0.29) is 0 Å². The molecule has 4 rings (SSSR count). The van der Waals surface area contributed by atoms with Crippen LogP contribution in [0.2, 0.25) is 0 Å². The van der Waals surface area contributed by atoms with Crippen molar-refractivity contribution in [2.75, 3.05) is 0 Å². The van der Waals surface area contributed by atoms with Gasteiger partial charge < -0.3 is 4.74 Å². The maximum absolute atomic E-state index is 6.17. The van der Waals surface area contributed by atoms with Gasteiger partial charge in [0.2, 0.25) is 0 Å². The van der Waals surface area contributed by atoms with E-state index in [0.29, 0.717) is 5.46 Å². The Morgan fingerprint density at radius 3 is 2.33 bits per heavy atom. The Balaban J connectivity index is 1.66. The summed E-state index contributed by atoms with van der Waals surface area (Å²) in [7, 11) is 6.13. The van der Waals surface area contributed by atoms with Crippen LogP contribution >= 0.6 is 15.9 Å². The summed E-state index contributed by atoms with van der Waals surface area (Å²) in [5, 5.41) is 0. The molecule has 1 aliphatic carbocycles. The molecular formula is C24H18BBrO. The number of halogens is 1. The SMILES string of the molecule is [B]c1cc(Oc2cc(Br)cc(-c3ccccc3)c2)cc(C2=CCCC=C2)c1. The first kappa shape index (κ1) is 17.9. The van der Waals surface area contributed by atoms with E-state index in [4.69, 9.17) is 12.6 Å². The molecule has 0 fully saturated rings. The van der Waals surface area contributed by atoms with Gasteiger partial charge in [0, 0.05) is 4.47 Å². The number of hydrogen-bond donors (Lipinski definition) is 0. The van der Waals surface area contributed by atoms with Gasteiger partial charge in [0.15, 0.2) is 0 Å². The molecule has 3 aromatic rings. The van der Waals surface area contributed by atoms with Gasteiger partial charge in [-0.05, 0) is 65.4 Å². The normalized spacial score (nSPS) is 13.3. The molecule has 0 saturated heterocycles. The lowest BCUT2D eigenvalue weighted by atomic mass is 9.90. The van der Waals surface area contributed by atoms with Crippen LogP contribution in [0.1, 0.15) is 18.4 Å². The maximum atomic E-state index is 6.17. The fourth-order valence-corrected chi connectivity index (χ4v) is 3.70. The molecule has 0 bridgehead atoms. The van der Waals surface area contributed by atoms with E-state index in [9.17, 15) is 0 Å². The molecule has 0 unspecified atom stereocenters. The zero-order valence-corrected chi connectivity index (χ0v) is 16.4. The van der Waals surface area contributed by atoms with E-state index in [2.05, 4.69) is 52.4 Å². The van der Waals surface area contributed by atoms with Gasteiger partial charge in [-0.25, -0.2) is 0 Å². The topological polar surface area (TPSA) is 9.23 Å². The molecule has 0 saturated carbocycles. The lowest BCUT2D eigenvalue weighted by Gasteiger charge is -2.13. The van der Waals surface area contributed by atoms with Crippen molar-refractivity contribution in [2.45, 2.75) is 12.8 Å². The van der Waals surface area contributed by atoms with Gasteiger partial charge in [-0.3, -0.25) is 0 Å². The van der Waals surface area contributed by atoms with Crippen molar-refractivity contribution in [2.24, 2.45) is 0 Å². The van der Waals surface area contributed by atoms with E-state index in [0.717, 1.165) is 45.5 Å². The predicted octanol–water partition coefficient (Wildman–Crippen LogP) is 6.44. The zero-order chi connectivity index (χ0) is 18.6. The Hall–Kier alpha value is -2.52. The van der Waals surface area contributed by atoms with Crippen LogP contribution in [0.25, 0.3) is 16.7 Å². The van der Waals surface area contributed by atoms with Crippen LogP contribution in [-0.2, 0) is 0 Å². The van der Waals surface area contributed by atoms with E-state index in [1.807, 2.05) is 48.5 Å². The molecule has 1 nitrogen and oxygen atoms in total. The molecule has 0 N–H and O–H groups in total. The van der Waals surface area contributed by atoms with E-state index in [1.54, 1.807) is 0 Å². The first-order chi connectivity index (χ1) is 13.2. The van der Waals surface area contributed by atoms with Crippen molar-refractivity contribution >= 4 is 34.8 Å². The maximum Gasteiger partial charge on any atom is 0.129 e. The van der Waals surface area contributed by atoms with Crippen molar-refractivity contribution in [1.82, 2.24) is 0 Å². The van der Waals surface area contributed by atoms with Crippen molar-refractivity contribution in [3.8, 4) is 22.6 Å². The lowest BCUT2D eigenvalue weighted by molar-refractivity contribution is 0.483. The highest BCUT2D eigenvalue weighted by atomic mass is 79.9. The molecule has 3 heteroatoms. The fraction of sp³-hybridized carbons (Fsp3) is 0.0833. The Labute approximate surface area is 169 Å². The highest BCUT2D eigenvalue weighted by Crippen LogP contribution is 2.32. The molecule has 3 aromatic carbocycles.